The van der Waals surface area contributed by atoms with E-state index in [1.165, 1.54) is 0 Å². The number of amides is 1. The first-order valence-corrected chi connectivity index (χ1v) is 5.08. The fraction of sp³-hybridized carbons (Fsp3) is 0.308. The molecule has 0 saturated carbocycles. The van der Waals surface area contributed by atoms with Crippen LogP contribution in [0.25, 0.3) is 0 Å². The maximum atomic E-state index is 11.9. The smallest absolute Gasteiger partial charge is 0.253 e. The van der Waals surface area contributed by atoms with Gasteiger partial charge in [0.2, 0.25) is 0 Å². The molecule has 0 N–H and O–H groups in total. The van der Waals surface area contributed by atoms with Gasteiger partial charge in [0.15, 0.2) is 0 Å². The van der Waals surface area contributed by atoms with E-state index in [0.29, 0.717) is 5.56 Å². The van der Waals surface area contributed by atoms with E-state index in [9.17, 15) is 4.79 Å². The summed E-state index contributed by atoms with van der Waals surface area (Å²) in [7, 11) is 0. The molecule has 0 radical (unpaired) electrons. The number of nitrogens with zero attached hydrogens (tertiary/aromatic N) is 1. The second-order valence-electron chi connectivity index (χ2n) is 3.20. The van der Waals surface area contributed by atoms with E-state index in [4.69, 9.17) is 6.42 Å². The minimum absolute atomic E-state index is 0.0390. The van der Waals surface area contributed by atoms with Gasteiger partial charge in [-0.05, 0) is 32.0 Å². The molecule has 0 unspecified atom stereocenters. The second kappa shape index (κ2) is 5.21. The molecular formula is C13H15NO. The van der Waals surface area contributed by atoms with Crippen LogP contribution in [0.5, 0.6) is 0 Å². The molecular weight excluding hydrogens is 186 g/mol. The monoisotopic (exact) mass is 201 g/mol. The van der Waals surface area contributed by atoms with E-state index >= 15 is 0 Å². The van der Waals surface area contributed by atoms with Gasteiger partial charge in [-0.2, -0.15) is 0 Å². The molecule has 1 amide bonds. The number of terminal acetylenes is 1. The molecule has 0 aliphatic heterocycles. The van der Waals surface area contributed by atoms with Crippen molar-refractivity contribution in [2.24, 2.45) is 0 Å². The third-order valence-electron chi connectivity index (χ3n) is 2.33. The molecule has 0 spiro atoms. The molecule has 15 heavy (non-hydrogen) atoms. The van der Waals surface area contributed by atoms with E-state index in [2.05, 4.69) is 5.92 Å². The molecule has 1 aromatic rings. The van der Waals surface area contributed by atoms with Crippen LogP contribution in [-0.4, -0.2) is 23.9 Å². The first kappa shape index (κ1) is 11.3. The van der Waals surface area contributed by atoms with E-state index in [1.54, 1.807) is 17.0 Å². The minimum Gasteiger partial charge on any atom is -0.339 e. The summed E-state index contributed by atoms with van der Waals surface area (Å²) in [5, 5.41) is 0. The maximum Gasteiger partial charge on any atom is 0.253 e. The Balaban J connectivity index is 2.96. The molecule has 0 aliphatic rings. The predicted octanol–water partition coefficient (Wildman–Crippen LogP) is 2.15. The highest BCUT2D eigenvalue weighted by Crippen LogP contribution is 2.07. The zero-order chi connectivity index (χ0) is 11.3. The first-order chi connectivity index (χ1) is 7.22. The normalized spacial score (nSPS) is 9.40. The van der Waals surface area contributed by atoms with Crippen LogP contribution in [0, 0.1) is 12.3 Å². The highest BCUT2D eigenvalue weighted by atomic mass is 16.2. The molecule has 0 fully saturated rings. The number of carbonyl (C=O) groups is 1. The number of hydrogen-bond donors (Lipinski definition) is 0. The van der Waals surface area contributed by atoms with Crippen molar-refractivity contribution in [3.63, 3.8) is 0 Å². The summed E-state index contributed by atoms with van der Waals surface area (Å²) < 4.78 is 0. The van der Waals surface area contributed by atoms with Crippen LogP contribution in [0.4, 0.5) is 0 Å². The lowest BCUT2D eigenvalue weighted by molar-refractivity contribution is 0.0773. The third-order valence-corrected chi connectivity index (χ3v) is 2.33. The molecule has 78 valence electrons. The standard InChI is InChI=1S/C13H15NO/c1-4-11-8-7-9-12(10-11)13(15)14(5-2)6-3/h1,7-10H,5-6H2,2-3H3. The van der Waals surface area contributed by atoms with Gasteiger partial charge in [-0.1, -0.05) is 12.0 Å². The van der Waals surface area contributed by atoms with Crippen molar-refractivity contribution in [3.8, 4) is 12.3 Å². The van der Waals surface area contributed by atoms with Crippen molar-refractivity contribution >= 4 is 5.91 Å². The SMILES string of the molecule is C#Cc1cccc(C(=O)N(CC)CC)c1. The van der Waals surface area contributed by atoms with E-state index in [0.717, 1.165) is 18.7 Å². The predicted molar refractivity (Wildman–Crippen MR) is 61.6 cm³/mol. The number of rotatable bonds is 3. The Kier molecular flexibility index (Phi) is 3.93. The molecule has 0 atom stereocenters. The first-order valence-electron chi connectivity index (χ1n) is 5.08. The second-order valence-corrected chi connectivity index (χ2v) is 3.20. The summed E-state index contributed by atoms with van der Waals surface area (Å²) in [5.41, 5.74) is 1.40. The van der Waals surface area contributed by atoms with Crippen molar-refractivity contribution in [2.75, 3.05) is 13.1 Å². The van der Waals surface area contributed by atoms with Crippen molar-refractivity contribution in [2.45, 2.75) is 13.8 Å². The van der Waals surface area contributed by atoms with Crippen LogP contribution in [0.3, 0.4) is 0 Å². The van der Waals surface area contributed by atoms with Gasteiger partial charge in [-0.25, -0.2) is 0 Å². The lowest BCUT2D eigenvalue weighted by atomic mass is 10.1. The van der Waals surface area contributed by atoms with Crippen LogP contribution < -0.4 is 0 Å². The molecule has 1 aromatic carbocycles. The number of carbonyl (C=O) groups excluding carboxylic acids is 1. The largest absolute Gasteiger partial charge is 0.339 e. The summed E-state index contributed by atoms with van der Waals surface area (Å²) in [4.78, 5) is 13.7. The maximum absolute atomic E-state index is 11.9. The Morgan fingerprint density at radius 1 is 1.40 bits per heavy atom. The number of hydrogen-bond acceptors (Lipinski definition) is 1. The van der Waals surface area contributed by atoms with Crippen molar-refractivity contribution in [1.29, 1.82) is 0 Å². The van der Waals surface area contributed by atoms with Gasteiger partial charge >= 0.3 is 0 Å². The molecule has 0 heterocycles. The Bertz CT molecular complexity index is 386. The lowest BCUT2D eigenvalue weighted by Gasteiger charge is -2.18. The zero-order valence-corrected chi connectivity index (χ0v) is 9.16. The molecule has 2 heteroatoms. The minimum atomic E-state index is 0.0390. The summed E-state index contributed by atoms with van der Waals surface area (Å²) in [6.07, 6.45) is 5.29. The highest BCUT2D eigenvalue weighted by Gasteiger charge is 2.11. The van der Waals surface area contributed by atoms with Gasteiger partial charge in [-0.3, -0.25) is 4.79 Å². The fourth-order valence-electron chi connectivity index (χ4n) is 1.44. The van der Waals surface area contributed by atoms with Gasteiger partial charge in [0.25, 0.3) is 5.91 Å². The average Bonchev–Trinajstić information content (AvgIpc) is 2.30. The Morgan fingerprint density at radius 2 is 2.07 bits per heavy atom. The fourth-order valence-corrected chi connectivity index (χ4v) is 1.44. The Labute approximate surface area is 90.9 Å². The van der Waals surface area contributed by atoms with E-state index < -0.39 is 0 Å². The van der Waals surface area contributed by atoms with Gasteiger partial charge in [0, 0.05) is 24.2 Å². The third kappa shape index (κ3) is 2.60. The van der Waals surface area contributed by atoms with Crippen LogP contribution in [-0.2, 0) is 0 Å². The average molecular weight is 201 g/mol. The van der Waals surface area contributed by atoms with Gasteiger partial charge in [-0.15, -0.1) is 6.42 Å². The molecule has 0 bridgehead atoms. The number of benzene rings is 1. The van der Waals surface area contributed by atoms with Gasteiger partial charge in [0.1, 0.15) is 0 Å². The van der Waals surface area contributed by atoms with E-state index in [-0.39, 0.29) is 5.91 Å². The van der Waals surface area contributed by atoms with Crippen LogP contribution in [0.2, 0.25) is 0 Å². The quantitative estimate of drug-likeness (QED) is 0.686. The summed E-state index contributed by atoms with van der Waals surface area (Å²) in [5.74, 6) is 2.57. The van der Waals surface area contributed by atoms with Crippen molar-refractivity contribution < 1.29 is 4.79 Å². The summed E-state index contributed by atoms with van der Waals surface area (Å²) in [6, 6.07) is 7.17. The molecule has 1 rings (SSSR count). The van der Waals surface area contributed by atoms with Crippen LogP contribution in [0.1, 0.15) is 29.8 Å². The molecule has 2 nitrogen and oxygen atoms in total. The van der Waals surface area contributed by atoms with Gasteiger partial charge in [0.05, 0.1) is 0 Å². The van der Waals surface area contributed by atoms with E-state index in [1.807, 2.05) is 26.0 Å². The molecule has 0 aromatic heterocycles. The summed E-state index contributed by atoms with van der Waals surface area (Å²) >= 11 is 0. The highest BCUT2D eigenvalue weighted by molar-refractivity contribution is 5.94. The lowest BCUT2D eigenvalue weighted by Crippen LogP contribution is -2.30. The topological polar surface area (TPSA) is 20.3 Å². The molecule has 0 aliphatic carbocycles. The van der Waals surface area contributed by atoms with Crippen molar-refractivity contribution in [1.82, 2.24) is 4.90 Å². The summed E-state index contributed by atoms with van der Waals surface area (Å²) in [6.45, 7) is 5.37. The Hall–Kier alpha value is -1.75. The van der Waals surface area contributed by atoms with Gasteiger partial charge < -0.3 is 4.90 Å². The van der Waals surface area contributed by atoms with Crippen LogP contribution >= 0.6 is 0 Å². The molecule has 0 saturated heterocycles. The zero-order valence-electron chi connectivity index (χ0n) is 9.16. The van der Waals surface area contributed by atoms with Crippen LogP contribution in [0.15, 0.2) is 24.3 Å². The Morgan fingerprint density at radius 3 is 2.60 bits per heavy atom. The van der Waals surface area contributed by atoms with Crippen molar-refractivity contribution in [3.05, 3.63) is 35.4 Å².